The third-order valence-corrected chi connectivity index (χ3v) is 9.38. The summed E-state index contributed by atoms with van der Waals surface area (Å²) >= 11 is 0. The maximum Gasteiger partial charge on any atom is 0.379 e. The number of carbonyl (C=O) groups is 2. The van der Waals surface area contributed by atoms with Gasteiger partial charge in [0.05, 0.1) is 17.7 Å². The van der Waals surface area contributed by atoms with E-state index in [0.29, 0.717) is 12.8 Å². The highest BCUT2D eigenvalue weighted by Gasteiger charge is 2.29. The Morgan fingerprint density at radius 1 is 0.711 bits per heavy atom. The molecule has 1 rings (SSSR count). The molecule has 0 heterocycles. The molecule has 0 saturated heterocycles. The van der Waals surface area contributed by atoms with Crippen LogP contribution in [0.2, 0.25) is 0 Å². The monoisotopic (exact) mass is 655 g/mol. The number of hydrogen-bond donors (Lipinski definition) is 0. The number of unbranched alkanes of at least 4 members (excludes halogenated alkanes) is 14. The molecule has 0 unspecified atom stereocenters. The summed E-state index contributed by atoms with van der Waals surface area (Å²) in [7, 11) is -3.73. The summed E-state index contributed by atoms with van der Waals surface area (Å²) < 4.78 is 36.4. The molecule has 11 heteroatoms. The van der Waals surface area contributed by atoms with Crippen molar-refractivity contribution in [3.8, 4) is 5.75 Å². The molecular weight excluding hydrogens is 597 g/mol. The molecule has 0 aromatic heterocycles. The van der Waals surface area contributed by atoms with E-state index in [1.807, 2.05) is 6.92 Å². The van der Waals surface area contributed by atoms with E-state index < -0.39 is 24.6 Å². The van der Waals surface area contributed by atoms with Gasteiger partial charge in [-0.1, -0.05) is 111 Å². The minimum absolute atomic E-state index is 0.115. The van der Waals surface area contributed by atoms with Crippen LogP contribution in [0.5, 0.6) is 5.75 Å². The highest BCUT2D eigenvalue weighted by Crippen LogP contribution is 2.49. The first-order valence-corrected chi connectivity index (χ1v) is 19.0. The number of ether oxygens (including phenoxy) is 2. The molecule has 0 spiro atoms. The van der Waals surface area contributed by atoms with Crippen LogP contribution in [-0.4, -0.2) is 42.3 Å². The van der Waals surface area contributed by atoms with E-state index in [1.54, 1.807) is 0 Å². The van der Waals surface area contributed by atoms with Crippen LogP contribution in [0.15, 0.2) is 24.3 Å². The highest BCUT2D eigenvalue weighted by molar-refractivity contribution is 7.54. The first-order chi connectivity index (χ1) is 21.7. The van der Waals surface area contributed by atoms with Gasteiger partial charge in [0.15, 0.2) is 6.10 Å². The fraction of sp³-hybridized carbons (Fsp3) is 0.765. The third kappa shape index (κ3) is 21.1. The smallest absolute Gasteiger partial charge is 0.379 e. The number of esters is 2. The summed E-state index contributed by atoms with van der Waals surface area (Å²) in [5.74, 6) is -0.614. The lowest BCUT2D eigenvalue weighted by Crippen LogP contribution is -2.30. The van der Waals surface area contributed by atoms with Crippen LogP contribution >= 0.6 is 7.60 Å². The Labute approximate surface area is 271 Å². The standard InChI is InChI=1S/C34H58NO9P/c1-4-7-10-12-14-16-18-21-33(36)41-28-32(43-34(37)22-19-17-15-13-11-8-5-2)29-42-45(40,27-20-9-6-3)44-31-25-23-30(24-26-31)35(38)39/h23-26,32H,4-22,27-29H2,1-3H3/t32-,45-/m1/s1. The minimum Gasteiger partial charge on any atom is -0.462 e. The normalized spacial score (nSPS) is 13.1. The van der Waals surface area contributed by atoms with Crippen molar-refractivity contribution in [2.75, 3.05) is 19.4 Å². The SMILES string of the molecule is CCCCCCCCCC(=O)OC[C@H](CO[P@](=O)(CCCCC)Oc1ccc([N+](=O)[O-])cc1)OC(=O)CCCCCCCCC. The second-order valence-corrected chi connectivity index (χ2v) is 13.8. The zero-order chi connectivity index (χ0) is 33.2. The van der Waals surface area contributed by atoms with Gasteiger partial charge in [0.2, 0.25) is 0 Å². The van der Waals surface area contributed by atoms with Crippen molar-refractivity contribution in [3.05, 3.63) is 34.4 Å². The number of nitro benzene ring substituents is 1. The van der Waals surface area contributed by atoms with Gasteiger partial charge in [0.25, 0.3) is 5.69 Å². The molecule has 2 atom stereocenters. The maximum absolute atomic E-state index is 13.8. The highest BCUT2D eigenvalue weighted by atomic mass is 31.2. The van der Waals surface area contributed by atoms with Crippen molar-refractivity contribution in [2.24, 2.45) is 0 Å². The molecular formula is C34H58NO9P. The van der Waals surface area contributed by atoms with Crippen molar-refractivity contribution in [2.45, 2.75) is 149 Å². The fourth-order valence-corrected chi connectivity index (χ4v) is 6.47. The van der Waals surface area contributed by atoms with E-state index in [1.165, 1.54) is 62.8 Å². The molecule has 0 bridgehead atoms. The predicted molar refractivity (Wildman–Crippen MR) is 178 cm³/mol. The molecule has 0 aliphatic carbocycles. The number of hydrogen-bond acceptors (Lipinski definition) is 9. The first kappa shape index (κ1) is 40.6. The number of benzene rings is 1. The van der Waals surface area contributed by atoms with Gasteiger partial charge in [-0.25, -0.2) is 4.57 Å². The van der Waals surface area contributed by atoms with Gasteiger partial charge in [-0.3, -0.25) is 24.2 Å². The first-order valence-electron chi connectivity index (χ1n) is 17.3. The van der Waals surface area contributed by atoms with Crippen molar-refractivity contribution in [3.63, 3.8) is 0 Å². The number of rotatable bonds is 29. The Kier molecular flexibility index (Phi) is 23.2. The Morgan fingerprint density at radius 3 is 1.73 bits per heavy atom. The second kappa shape index (κ2) is 25.7. The summed E-state index contributed by atoms with van der Waals surface area (Å²) in [6.07, 6.45) is 17.0. The molecule has 0 radical (unpaired) electrons. The summed E-state index contributed by atoms with van der Waals surface area (Å²) in [6, 6.07) is 5.29. The summed E-state index contributed by atoms with van der Waals surface area (Å²) in [6.45, 7) is 5.90. The third-order valence-electron chi connectivity index (χ3n) is 7.48. The van der Waals surface area contributed by atoms with Crippen molar-refractivity contribution < 1.29 is 37.6 Å². The van der Waals surface area contributed by atoms with Crippen LogP contribution in [0.4, 0.5) is 5.69 Å². The largest absolute Gasteiger partial charge is 0.462 e. The second-order valence-electron chi connectivity index (χ2n) is 11.7. The fourth-order valence-electron chi connectivity index (χ4n) is 4.75. The Balaban J connectivity index is 2.78. The maximum atomic E-state index is 13.8. The Hall–Kier alpha value is -2.45. The lowest BCUT2D eigenvalue weighted by Gasteiger charge is -2.23. The molecule has 45 heavy (non-hydrogen) atoms. The molecule has 258 valence electrons. The molecule has 0 aliphatic heterocycles. The van der Waals surface area contributed by atoms with E-state index in [0.717, 1.165) is 57.8 Å². The quantitative estimate of drug-likeness (QED) is 0.0272. The van der Waals surface area contributed by atoms with Crippen LogP contribution in [0, 0.1) is 10.1 Å². The van der Waals surface area contributed by atoms with Crippen molar-refractivity contribution in [1.82, 2.24) is 0 Å². The van der Waals surface area contributed by atoms with Crippen LogP contribution in [-0.2, 0) is 28.2 Å². The molecule has 0 fully saturated rings. The van der Waals surface area contributed by atoms with Crippen molar-refractivity contribution in [1.29, 1.82) is 0 Å². The van der Waals surface area contributed by atoms with Gasteiger partial charge < -0.3 is 14.0 Å². The lowest BCUT2D eigenvalue weighted by molar-refractivity contribution is -0.384. The van der Waals surface area contributed by atoms with Gasteiger partial charge in [-0.2, -0.15) is 0 Å². The van der Waals surface area contributed by atoms with Gasteiger partial charge in [0, 0.05) is 25.0 Å². The predicted octanol–water partition coefficient (Wildman–Crippen LogP) is 10.1. The molecule has 0 saturated carbocycles. The van der Waals surface area contributed by atoms with Gasteiger partial charge in [0.1, 0.15) is 12.4 Å². The number of nitrogens with zero attached hydrogens (tertiary/aromatic N) is 1. The van der Waals surface area contributed by atoms with Gasteiger partial charge in [-0.15, -0.1) is 0 Å². The van der Waals surface area contributed by atoms with Crippen LogP contribution in [0.1, 0.15) is 143 Å². The van der Waals surface area contributed by atoms with Crippen LogP contribution in [0.3, 0.4) is 0 Å². The molecule has 1 aromatic rings. The van der Waals surface area contributed by atoms with Crippen LogP contribution in [0.25, 0.3) is 0 Å². The van der Waals surface area contributed by atoms with E-state index in [2.05, 4.69) is 13.8 Å². The van der Waals surface area contributed by atoms with E-state index >= 15 is 0 Å². The van der Waals surface area contributed by atoms with E-state index in [9.17, 15) is 24.3 Å². The topological polar surface area (TPSA) is 131 Å². The Bertz CT molecular complexity index is 986. The van der Waals surface area contributed by atoms with Crippen LogP contribution < -0.4 is 4.52 Å². The summed E-state index contributed by atoms with van der Waals surface area (Å²) in [4.78, 5) is 35.6. The molecule has 0 N–H and O–H groups in total. The average Bonchev–Trinajstić information content (AvgIpc) is 3.02. The summed E-state index contributed by atoms with van der Waals surface area (Å²) in [5, 5.41) is 11.0. The molecule has 10 nitrogen and oxygen atoms in total. The number of carbonyl (C=O) groups excluding carboxylic acids is 2. The minimum atomic E-state index is -3.73. The summed E-state index contributed by atoms with van der Waals surface area (Å²) in [5.41, 5.74) is -0.115. The van der Waals surface area contributed by atoms with E-state index in [-0.39, 0.29) is 49.6 Å². The number of nitro groups is 1. The molecule has 0 amide bonds. The van der Waals surface area contributed by atoms with Crippen molar-refractivity contribution >= 4 is 25.2 Å². The van der Waals surface area contributed by atoms with Gasteiger partial charge in [-0.05, 0) is 31.4 Å². The molecule has 1 aromatic carbocycles. The molecule has 0 aliphatic rings. The average molecular weight is 656 g/mol. The number of non-ortho nitro benzene ring substituents is 1. The zero-order valence-electron chi connectivity index (χ0n) is 28.0. The Morgan fingerprint density at radius 2 is 1.20 bits per heavy atom. The van der Waals surface area contributed by atoms with Gasteiger partial charge >= 0.3 is 19.5 Å². The zero-order valence-corrected chi connectivity index (χ0v) is 28.9. The van der Waals surface area contributed by atoms with E-state index in [4.69, 9.17) is 18.5 Å². The lowest BCUT2D eigenvalue weighted by atomic mass is 10.1.